The van der Waals surface area contributed by atoms with Crippen LogP contribution < -0.4 is 9.64 Å². The van der Waals surface area contributed by atoms with Crippen LogP contribution >= 0.6 is 0 Å². The van der Waals surface area contributed by atoms with E-state index in [-0.39, 0.29) is 24.1 Å². The van der Waals surface area contributed by atoms with Gasteiger partial charge in [-0.25, -0.2) is 13.8 Å². The Hall–Kier alpha value is -3.59. The SMILES string of the molecule is CN1CCN(c2nc3c(c(Oc4ccc(F)cc4)n2)CN(C(=O)c2ccc(F)cc2)CC3)CC1. The summed E-state index contributed by atoms with van der Waals surface area (Å²) in [5, 5.41) is 0. The molecule has 2 aliphatic heterocycles. The molecule has 0 atom stereocenters. The molecule has 176 valence electrons. The van der Waals surface area contributed by atoms with E-state index in [1.807, 2.05) is 0 Å². The minimum atomic E-state index is -0.389. The van der Waals surface area contributed by atoms with Crippen LogP contribution in [0.4, 0.5) is 14.7 Å². The van der Waals surface area contributed by atoms with Gasteiger partial charge >= 0.3 is 0 Å². The predicted molar refractivity (Wildman–Crippen MR) is 123 cm³/mol. The van der Waals surface area contributed by atoms with Crippen molar-refractivity contribution in [2.24, 2.45) is 0 Å². The normalized spacial score (nSPS) is 16.3. The summed E-state index contributed by atoms with van der Waals surface area (Å²) in [6, 6.07) is 11.3. The zero-order chi connectivity index (χ0) is 23.7. The lowest BCUT2D eigenvalue weighted by molar-refractivity contribution is 0.0732. The average molecular weight is 466 g/mol. The molecule has 34 heavy (non-hydrogen) atoms. The molecule has 7 nitrogen and oxygen atoms in total. The van der Waals surface area contributed by atoms with Crippen molar-refractivity contribution in [2.45, 2.75) is 13.0 Å². The molecule has 0 spiro atoms. The summed E-state index contributed by atoms with van der Waals surface area (Å²) < 4.78 is 32.8. The fraction of sp³-hybridized carbons (Fsp3) is 0.320. The van der Waals surface area contributed by atoms with Crippen LogP contribution in [0.2, 0.25) is 0 Å². The van der Waals surface area contributed by atoms with Gasteiger partial charge in [-0.2, -0.15) is 4.98 Å². The number of aromatic nitrogens is 2. The quantitative estimate of drug-likeness (QED) is 0.588. The van der Waals surface area contributed by atoms with Crippen molar-refractivity contribution in [1.82, 2.24) is 19.8 Å². The van der Waals surface area contributed by atoms with E-state index < -0.39 is 0 Å². The van der Waals surface area contributed by atoms with E-state index in [0.717, 1.165) is 37.4 Å². The van der Waals surface area contributed by atoms with Gasteiger partial charge in [0.2, 0.25) is 11.8 Å². The van der Waals surface area contributed by atoms with Gasteiger partial charge in [0.15, 0.2) is 0 Å². The van der Waals surface area contributed by atoms with E-state index in [4.69, 9.17) is 14.7 Å². The number of halogens is 2. The van der Waals surface area contributed by atoms with Crippen LogP contribution in [0.25, 0.3) is 0 Å². The van der Waals surface area contributed by atoms with Crippen LogP contribution in [0.3, 0.4) is 0 Å². The van der Waals surface area contributed by atoms with Crippen molar-refractivity contribution < 1.29 is 18.3 Å². The van der Waals surface area contributed by atoms with Crippen molar-refractivity contribution in [3.8, 4) is 11.6 Å². The molecule has 1 fully saturated rings. The molecule has 5 rings (SSSR count). The maximum atomic E-state index is 13.4. The highest BCUT2D eigenvalue weighted by Crippen LogP contribution is 2.32. The third-order valence-electron chi connectivity index (χ3n) is 6.20. The Balaban J connectivity index is 1.46. The van der Waals surface area contributed by atoms with Crippen LogP contribution in [0.15, 0.2) is 48.5 Å². The van der Waals surface area contributed by atoms with Crippen LogP contribution in [0, 0.1) is 11.6 Å². The number of rotatable bonds is 4. The number of fused-ring (bicyclic) bond motifs is 1. The van der Waals surface area contributed by atoms with Gasteiger partial charge in [0.05, 0.1) is 17.8 Å². The van der Waals surface area contributed by atoms with Gasteiger partial charge in [0.25, 0.3) is 5.91 Å². The smallest absolute Gasteiger partial charge is 0.254 e. The van der Waals surface area contributed by atoms with E-state index in [0.29, 0.717) is 36.1 Å². The number of piperazine rings is 1. The van der Waals surface area contributed by atoms with Gasteiger partial charge in [0.1, 0.15) is 17.4 Å². The summed E-state index contributed by atoms with van der Waals surface area (Å²) in [4.78, 5) is 28.7. The second-order valence-electron chi connectivity index (χ2n) is 8.58. The maximum absolute atomic E-state index is 13.4. The van der Waals surface area contributed by atoms with Gasteiger partial charge in [-0.05, 0) is 55.6 Å². The van der Waals surface area contributed by atoms with Crippen LogP contribution in [-0.2, 0) is 13.0 Å². The van der Waals surface area contributed by atoms with E-state index in [2.05, 4.69) is 16.8 Å². The predicted octanol–water partition coefficient (Wildman–Crippen LogP) is 3.50. The average Bonchev–Trinajstić information content (AvgIpc) is 2.85. The van der Waals surface area contributed by atoms with Crippen LogP contribution in [0.5, 0.6) is 11.6 Å². The van der Waals surface area contributed by atoms with Gasteiger partial charge in [-0.3, -0.25) is 4.79 Å². The molecule has 2 aromatic carbocycles. The molecule has 0 unspecified atom stereocenters. The number of carbonyl (C=O) groups is 1. The van der Waals surface area contributed by atoms with Crippen molar-refractivity contribution in [3.63, 3.8) is 0 Å². The second kappa shape index (κ2) is 9.34. The Bertz CT molecular complexity index is 1180. The zero-order valence-electron chi connectivity index (χ0n) is 18.9. The van der Waals surface area contributed by atoms with Crippen molar-refractivity contribution in [2.75, 3.05) is 44.7 Å². The molecule has 3 heterocycles. The summed E-state index contributed by atoms with van der Waals surface area (Å²) in [6.07, 6.45) is 0.547. The number of benzene rings is 2. The van der Waals surface area contributed by atoms with Crippen molar-refractivity contribution in [1.29, 1.82) is 0 Å². The Labute approximate surface area is 196 Å². The number of hydrogen-bond donors (Lipinski definition) is 0. The Morgan fingerprint density at radius 2 is 1.53 bits per heavy atom. The number of carbonyl (C=O) groups excluding carboxylic acids is 1. The topological polar surface area (TPSA) is 61.8 Å². The first-order valence-corrected chi connectivity index (χ1v) is 11.3. The Morgan fingerprint density at radius 3 is 2.21 bits per heavy atom. The zero-order valence-corrected chi connectivity index (χ0v) is 18.9. The fourth-order valence-corrected chi connectivity index (χ4v) is 4.17. The first-order valence-electron chi connectivity index (χ1n) is 11.3. The number of ether oxygens (including phenoxy) is 1. The second-order valence-corrected chi connectivity index (χ2v) is 8.58. The molecule has 3 aromatic rings. The number of likely N-dealkylation sites (N-methyl/N-ethyl adjacent to an activating group) is 1. The molecular formula is C25H25F2N5O2. The summed E-state index contributed by atoms with van der Waals surface area (Å²) in [6.45, 7) is 4.19. The molecule has 0 radical (unpaired) electrons. The molecular weight excluding hydrogens is 440 g/mol. The van der Waals surface area contributed by atoms with Crippen molar-refractivity contribution >= 4 is 11.9 Å². The number of nitrogens with zero attached hydrogens (tertiary/aromatic N) is 5. The van der Waals surface area contributed by atoms with E-state index in [1.54, 1.807) is 17.0 Å². The molecule has 9 heteroatoms. The van der Waals surface area contributed by atoms with Crippen LogP contribution in [-0.4, -0.2) is 65.4 Å². The molecule has 0 bridgehead atoms. The van der Waals surface area contributed by atoms with Crippen molar-refractivity contribution in [3.05, 3.63) is 77.0 Å². The third kappa shape index (κ3) is 4.70. The molecule has 1 amide bonds. The lowest BCUT2D eigenvalue weighted by Crippen LogP contribution is -2.45. The van der Waals surface area contributed by atoms with Gasteiger partial charge in [-0.15, -0.1) is 0 Å². The minimum Gasteiger partial charge on any atom is -0.438 e. The molecule has 0 saturated carbocycles. The van der Waals surface area contributed by atoms with Gasteiger partial charge in [-0.1, -0.05) is 0 Å². The number of anilines is 1. The monoisotopic (exact) mass is 465 g/mol. The lowest BCUT2D eigenvalue weighted by Gasteiger charge is -2.34. The number of amides is 1. The first kappa shape index (κ1) is 22.2. The molecule has 1 saturated heterocycles. The molecule has 1 aromatic heterocycles. The van der Waals surface area contributed by atoms with E-state index >= 15 is 0 Å². The molecule has 0 aliphatic carbocycles. The van der Waals surface area contributed by atoms with E-state index in [1.165, 1.54) is 36.4 Å². The lowest BCUT2D eigenvalue weighted by atomic mass is 10.0. The van der Waals surface area contributed by atoms with Gasteiger partial charge < -0.3 is 19.4 Å². The summed E-state index contributed by atoms with van der Waals surface area (Å²) in [7, 11) is 2.08. The Kier molecular flexibility index (Phi) is 6.10. The summed E-state index contributed by atoms with van der Waals surface area (Å²) in [5.74, 6) is 0.478. The highest BCUT2D eigenvalue weighted by molar-refractivity contribution is 5.94. The molecule has 2 aliphatic rings. The number of hydrogen-bond acceptors (Lipinski definition) is 6. The summed E-state index contributed by atoms with van der Waals surface area (Å²) >= 11 is 0. The highest BCUT2D eigenvalue weighted by Gasteiger charge is 2.29. The Morgan fingerprint density at radius 1 is 0.882 bits per heavy atom. The third-order valence-corrected chi connectivity index (χ3v) is 6.20. The fourth-order valence-electron chi connectivity index (χ4n) is 4.17. The summed E-state index contributed by atoms with van der Waals surface area (Å²) in [5.41, 5.74) is 1.98. The maximum Gasteiger partial charge on any atom is 0.254 e. The largest absolute Gasteiger partial charge is 0.438 e. The van der Waals surface area contributed by atoms with Crippen LogP contribution in [0.1, 0.15) is 21.6 Å². The highest BCUT2D eigenvalue weighted by atomic mass is 19.1. The first-order chi connectivity index (χ1) is 16.5. The van der Waals surface area contributed by atoms with E-state index in [9.17, 15) is 13.6 Å². The molecule has 0 N–H and O–H groups in total. The van der Waals surface area contributed by atoms with Gasteiger partial charge in [0, 0.05) is 44.7 Å². The standard InChI is InChI=1S/C25H25F2N5O2/c1-30-12-14-31(15-13-30)25-28-22-10-11-32(24(33)17-2-4-18(26)5-3-17)16-21(22)23(29-25)34-20-8-6-19(27)7-9-20/h2-9H,10-16H2,1H3. The minimum absolute atomic E-state index is 0.193.